The maximum Gasteiger partial charge on any atom is 0.387 e. The van der Waals surface area contributed by atoms with Gasteiger partial charge >= 0.3 is 6.61 Å². The smallest absolute Gasteiger partial charge is 0.387 e. The first kappa shape index (κ1) is 23.7. The van der Waals surface area contributed by atoms with Gasteiger partial charge in [0.1, 0.15) is 5.82 Å². The molecule has 0 bridgehead atoms. The topological polar surface area (TPSA) is 101 Å². The number of para-hydroxylation sites is 1. The van der Waals surface area contributed by atoms with Crippen molar-refractivity contribution >= 4 is 21.7 Å². The Kier molecular flexibility index (Phi) is 7.80. The van der Waals surface area contributed by atoms with E-state index in [1.807, 2.05) is 23.1 Å². The first-order valence-corrected chi connectivity index (χ1v) is 11.5. The quantitative estimate of drug-likeness (QED) is 0.594. The molecule has 12 heteroatoms. The van der Waals surface area contributed by atoms with E-state index in [4.69, 9.17) is 4.74 Å². The van der Waals surface area contributed by atoms with E-state index in [0.717, 1.165) is 5.82 Å². The van der Waals surface area contributed by atoms with E-state index in [1.165, 1.54) is 29.6 Å². The lowest BCUT2D eigenvalue weighted by Crippen LogP contribution is -2.50. The number of aromatic nitrogens is 1. The number of nitrogens with zero attached hydrogens (tertiary/aromatic N) is 3. The van der Waals surface area contributed by atoms with Gasteiger partial charge in [-0.15, -0.1) is 0 Å². The van der Waals surface area contributed by atoms with Crippen molar-refractivity contribution in [2.24, 2.45) is 0 Å². The molecule has 0 unspecified atom stereocenters. The average Bonchev–Trinajstić information content (AvgIpc) is 2.79. The third-order valence-corrected chi connectivity index (χ3v) is 6.77. The second-order valence-electron chi connectivity index (χ2n) is 6.86. The van der Waals surface area contributed by atoms with Crippen molar-refractivity contribution in [3.05, 3.63) is 48.2 Å². The number of pyridine rings is 1. The summed E-state index contributed by atoms with van der Waals surface area (Å²) < 4.78 is 61.5. The number of ether oxygens (including phenoxy) is 2. The number of carbonyl (C=O) groups is 1. The van der Waals surface area contributed by atoms with Crippen LogP contribution in [0.3, 0.4) is 0 Å². The van der Waals surface area contributed by atoms with Crippen molar-refractivity contribution in [2.45, 2.75) is 6.61 Å². The highest BCUT2D eigenvalue weighted by Crippen LogP contribution is 2.32. The van der Waals surface area contributed by atoms with Crippen LogP contribution in [0.2, 0.25) is 0 Å². The summed E-state index contributed by atoms with van der Waals surface area (Å²) in [6.45, 7) is -1.73. The minimum absolute atomic E-state index is 0.0312. The van der Waals surface area contributed by atoms with Gasteiger partial charge in [0.15, 0.2) is 11.5 Å². The Hall–Kier alpha value is -2.99. The zero-order valence-corrected chi connectivity index (χ0v) is 18.2. The number of nitrogens with one attached hydrogen (secondary N) is 1. The summed E-state index contributed by atoms with van der Waals surface area (Å²) in [6, 6.07) is 9.67. The van der Waals surface area contributed by atoms with Gasteiger partial charge in [-0.25, -0.2) is 13.4 Å². The highest BCUT2D eigenvalue weighted by atomic mass is 32.2. The molecule has 2 aromatic rings. The van der Waals surface area contributed by atoms with Crippen molar-refractivity contribution in [1.82, 2.24) is 14.6 Å². The van der Waals surface area contributed by atoms with E-state index in [9.17, 15) is 22.0 Å². The molecule has 1 aromatic carbocycles. The molecule has 2 heterocycles. The molecule has 0 aliphatic carbocycles. The van der Waals surface area contributed by atoms with Crippen molar-refractivity contribution in [3.63, 3.8) is 0 Å². The van der Waals surface area contributed by atoms with Crippen molar-refractivity contribution in [2.75, 3.05) is 50.5 Å². The van der Waals surface area contributed by atoms with Gasteiger partial charge in [-0.1, -0.05) is 12.1 Å². The summed E-state index contributed by atoms with van der Waals surface area (Å²) in [6.07, 6.45) is 1.68. The van der Waals surface area contributed by atoms with Crippen LogP contribution < -0.4 is 19.7 Å². The van der Waals surface area contributed by atoms with E-state index in [2.05, 4.69) is 15.0 Å². The molecular formula is C20H24F2N4O5S. The highest BCUT2D eigenvalue weighted by molar-refractivity contribution is 7.89. The van der Waals surface area contributed by atoms with Gasteiger partial charge in [0.25, 0.3) is 5.91 Å². The van der Waals surface area contributed by atoms with Crippen LogP contribution in [0.1, 0.15) is 10.4 Å². The molecule has 1 aliphatic rings. The molecule has 9 nitrogen and oxygen atoms in total. The van der Waals surface area contributed by atoms with Gasteiger partial charge in [-0.2, -0.15) is 13.1 Å². The van der Waals surface area contributed by atoms with Crippen LogP contribution in [0.4, 0.5) is 14.6 Å². The molecule has 3 rings (SSSR count). The highest BCUT2D eigenvalue weighted by Gasteiger charge is 2.27. The molecule has 32 heavy (non-hydrogen) atoms. The van der Waals surface area contributed by atoms with Crippen LogP contribution in [-0.4, -0.2) is 75.8 Å². The Morgan fingerprint density at radius 2 is 1.91 bits per heavy atom. The summed E-state index contributed by atoms with van der Waals surface area (Å²) in [4.78, 5) is 18.7. The standard InChI is InChI=1S/C20H24F2N4O5S/c1-30-16-6-4-5-15(18(16)31-20(21)22)19(27)24-9-14-32(28,29)26-12-10-25(11-13-26)17-7-2-3-8-23-17/h2-8,20H,9-14H2,1H3,(H,24,27). The molecule has 1 amide bonds. The molecular weight excluding hydrogens is 446 g/mol. The number of piperazine rings is 1. The number of hydrogen-bond donors (Lipinski definition) is 1. The Labute approximate surface area is 185 Å². The normalized spacial score (nSPS) is 14.9. The van der Waals surface area contributed by atoms with E-state index >= 15 is 0 Å². The monoisotopic (exact) mass is 470 g/mol. The Balaban J connectivity index is 1.55. The van der Waals surface area contributed by atoms with E-state index < -0.39 is 28.3 Å². The summed E-state index contributed by atoms with van der Waals surface area (Å²) in [7, 11) is -2.35. The Bertz CT molecular complexity index is 1020. The van der Waals surface area contributed by atoms with Crippen molar-refractivity contribution in [1.29, 1.82) is 0 Å². The molecule has 0 radical (unpaired) electrons. The second kappa shape index (κ2) is 10.6. The Morgan fingerprint density at radius 3 is 2.53 bits per heavy atom. The molecule has 0 atom stereocenters. The van der Waals surface area contributed by atoms with Crippen LogP contribution in [0.5, 0.6) is 11.5 Å². The van der Waals surface area contributed by atoms with Crippen LogP contribution in [0, 0.1) is 0 Å². The predicted octanol–water partition coefficient (Wildman–Crippen LogP) is 1.57. The lowest BCUT2D eigenvalue weighted by atomic mass is 10.1. The molecule has 1 aliphatic heterocycles. The molecule has 1 saturated heterocycles. The average molecular weight is 470 g/mol. The third-order valence-electron chi connectivity index (χ3n) is 4.90. The largest absolute Gasteiger partial charge is 0.493 e. The van der Waals surface area contributed by atoms with Crippen LogP contribution in [0.15, 0.2) is 42.6 Å². The number of halogens is 2. The lowest BCUT2D eigenvalue weighted by molar-refractivity contribution is -0.0515. The second-order valence-corrected chi connectivity index (χ2v) is 8.95. The number of hydrogen-bond acceptors (Lipinski definition) is 7. The number of rotatable bonds is 9. The fourth-order valence-electron chi connectivity index (χ4n) is 3.32. The maximum absolute atomic E-state index is 12.7. The number of alkyl halides is 2. The van der Waals surface area contributed by atoms with Crippen LogP contribution in [0.25, 0.3) is 0 Å². The molecule has 0 saturated carbocycles. The summed E-state index contributed by atoms with van der Waals surface area (Å²) in [5.41, 5.74) is -0.175. The summed E-state index contributed by atoms with van der Waals surface area (Å²) in [5.74, 6) is -0.712. The van der Waals surface area contributed by atoms with Gasteiger partial charge < -0.3 is 19.7 Å². The number of sulfonamides is 1. The minimum Gasteiger partial charge on any atom is -0.493 e. The Morgan fingerprint density at radius 1 is 1.16 bits per heavy atom. The molecule has 1 N–H and O–H groups in total. The van der Waals surface area contributed by atoms with Gasteiger partial charge in [-0.05, 0) is 24.3 Å². The van der Waals surface area contributed by atoms with Crippen LogP contribution in [-0.2, 0) is 10.0 Å². The number of methoxy groups -OCH3 is 1. The zero-order valence-electron chi connectivity index (χ0n) is 17.4. The first-order valence-electron chi connectivity index (χ1n) is 9.85. The molecule has 174 valence electrons. The predicted molar refractivity (Wildman–Crippen MR) is 114 cm³/mol. The SMILES string of the molecule is COc1cccc(C(=O)NCCS(=O)(=O)N2CCN(c3ccccn3)CC2)c1OC(F)F. The number of benzene rings is 1. The van der Waals surface area contributed by atoms with Crippen LogP contribution >= 0.6 is 0 Å². The van der Waals surface area contributed by atoms with E-state index in [1.54, 1.807) is 6.20 Å². The molecule has 0 spiro atoms. The van der Waals surface area contributed by atoms with Crippen molar-refractivity contribution < 1.29 is 31.5 Å². The number of carbonyl (C=O) groups excluding carboxylic acids is 1. The fraction of sp³-hybridized carbons (Fsp3) is 0.400. The third kappa shape index (κ3) is 5.82. The summed E-state index contributed by atoms with van der Waals surface area (Å²) in [5, 5.41) is 2.45. The molecule has 1 aromatic heterocycles. The molecule has 1 fully saturated rings. The minimum atomic E-state index is -3.61. The number of amides is 1. The van der Waals surface area contributed by atoms with E-state index in [-0.39, 0.29) is 23.6 Å². The van der Waals surface area contributed by atoms with Crippen molar-refractivity contribution in [3.8, 4) is 11.5 Å². The van der Waals surface area contributed by atoms with E-state index in [0.29, 0.717) is 26.2 Å². The summed E-state index contributed by atoms with van der Waals surface area (Å²) >= 11 is 0. The lowest BCUT2D eigenvalue weighted by Gasteiger charge is -2.34. The van der Waals surface area contributed by atoms with Gasteiger partial charge in [0, 0.05) is 38.9 Å². The van der Waals surface area contributed by atoms with Gasteiger partial charge in [0.05, 0.1) is 18.4 Å². The maximum atomic E-state index is 12.7. The zero-order chi connectivity index (χ0) is 23.1. The van der Waals surface area contributed by atoms with Gasteiger partial charge in [0.2, 0.25) is 10.0 Å². The first-order chi connectivity index (χ1) is 15.3. The number of anilines is 1. The fourth-order valence-corrected chi connectivity index (χ4v) is 4.66. The van der Waals surface area contributed by atoms with Gasteiger partial charge in [-0.3, -0.25) is 4.79 Å².